The molecular weight excluding hydrogens is 166 g/mol. The second kappa shape index (κ2) is 4.36. The van der Waals surface area contributed by atoms with Crippen molar-refractivity contribution >= 4 is 5.97 Å². The summed E-state index contributed by atoms with van der Waals surface area (Å²) >= 11 is 0. The van der Waals surface area contributed by atoms with E-state index in [1.807, 2.05) is 0 Å². The molecule has 0 aliphatic rings. The number of aliphatic hydroxyl groups excluding tert-OH is 3. The number of carboxylic acids is 1. The van der Waals surface area contributed by atoms with Crippen molar-refractivity contribution in [3.8, 4) is 0 Å². The quantitative estimate of drug-likeness (QED) is 0.318. The molecule has 0 fully saturated rings. The summed E-state index contributed by atoms with van der Waals surface area (Å²) in [7, 11) is 0. The Morgan fingerprint density at radius 3 is 2.08 bits per heavy atom. The zero-order valence-electron chi connectivity index (χ0n) is 6.47. The van der Waals surface area contributed by atoms with Gasteiger partial charge in [0.15, 0.2) is 0 Å². The Balaban J connectivity index is 4.20. The number of hydrogen-bond donors (Lipinski definition) is 5. The summed E-state index contributed by atoms with van der Waals surface area (Å²) < 4.78 is 0. The molecule has 0 saturated heterocycles. The third-order valence-electron chi connectivity index (χ3n) is 1.62. The van der Waals surface area contributed by atoms with Gasteiger partial charge in [0.05, 0.1) is 31.3 Å². The minimum atomic E-state index is -1.64. The van der Waals surface area contributed by atoms with E-state index in [2.05, 4.69) is 0 Å². The van der Waals surface area contributed by atoms with Crippen molar-refractivity contribution in [1.82, 2.24) is 0 Å². The van der Waals surface area contributed by atoms with Crippen LogP contribution in [0.15, 0.2) is 0 Å². The maximum atomic E-state index is 10.1. The highest BCUT2D eigenvalue weighted by Crippen LogP contribution is 2.09. The van der Waals surface area contributed by atoms with Gasteiger partial charge in [-0.2, -0.15) is 0 Å². The molecule has 6 heteroatoms. The number of carbonyl (C=O) groups is 1. The molecule has 1 unspecified atom stereocenters. The van der Waals surface area contributed by atoms with Crippen molar-refractivity contribution in [2.24, 2.45) is 5.73 Å². The summed E-state index contributed by atoms with van der Waals surface area (Å²) in [5.41, 5.74) is 3.63. The van der Waals surface area contributed by atoms with Crippen LogP contribution in [0.4, 0.5) is 0 Å². The van der Waals surface area contributed by atoms with Gasteiger partial charge in [-0.3, -0.25) is 4.79 Å². The van der Waals surface area contributed by atoms with Crippen LogP contribution in [0.25, 0.3) is 0 Å². The molecule has 0 saturated carbocycles. The van der Waals surface area contributed by atoms with Gasteiger partial charge in [-0.25, -0.2) is 0 Å². The van der Waals surface area contributed by atoms with Crippen LogP contribution >= 0.6 is 0 Å². The van der Waals surface area contributed by atoms with Gasteiger partial charge in [0.2, 0.25) is 0 Å². The fourth-order valence-electron chi connectivity index (χ4n) is 0.629. The Morgan fingerprint density at radius 2 is 1.83 bits per heavy atom. The standard InChI is InChI=1S/C6H13NO5/c7-6(2-8,3-9)4(10)1-5(11)12/h4,8-10H,1-3,7H2,(H,11,12). The van der Waals surface area contributed by atoms with Crippen LogP contribution in [0.5, 0.6) is 0 Å². The van der Waals surface area contributed by atoms with E-state index in [4.69, 9.17) is 26.2 Å². The zero-order chi connectivity index (χ0) is 9.78. The molecule has 12 heavy (non-hydrogen) atoms. The lowest BCUT2D eigenvalue weighted by Crippen LogP contribution is -2.57. The van der Waals surface area contributed by atoms with Gasteiger partial charge in [-0.1, -0.05) is 0 Å². The highest BCUT2D eigenvalue weighted by molar-refractivity contribution is 5.67. The summed E-state index contributed by atoms with van der Waals surface area (Å²) in [6.45, 7) is -1.34. The van der Waals surface area contributed by atoms with Crippen LogP contribution in [0.3, 0.4) is 0 Å². The molecular formula is C6H13NO5. The van der Waals surface area contributed by atoms with Crippen LogP contribution in [0.1, 0.15) is 6.42 Å². The first-order valence-corrected chi connectivity index (χ1v) is 3.36. The number of nitrogens with two attached hydrogens (primary N) is 1. The van der Waals surface area contributed by atoms with Gasteiger partial charge in [0.25, 0.3) is 0 Å². The summed E-state index contributed by atoms with van der Waals surface area (Å²) in [5, 5.41) is 34.6. The van der Waals surface area contributed by atoms with E-state index in [-0.39, 0.29) is 0 Å². The van der Waals surface area contributed by atoms with Gasteiger partial charge in [0.1, 0.15) is 0 Å². The lowest BCUT2D eigenvalue weighted by atomic mass is 9.93. The monoisotopic (exact) mass is 179 g/mol. The average molecular weight is 179 g/mol. The molecule has 0 aromatic rings. The van der Waals surface area contributed by atoms with Crippen LogP contribution in [-0.2, 0) is 4.79 Å². The van der Waals surface area contributed by atoms with Gasteiger partial charge in [-0.15, -0.1) is 0 Å². The lowest BCUT2D eigenvalue weighted by Gasteiger charge is -2.29. The number of hydrogen-bond acceptors (Lipinski definition) is 5. The van der Waals surface area contributed by atoms with Crippen molar-refractivity contribution in [3.05, 3.63) is 0 Å². The zero-order valence-corrected chi connectivity index (χ0v) is 6.47. The smallest absolute Gasteiger partial charge is 0.306 e. The van der Waals surface area contributed by atoms with Crippen molar-refractivity contribution < 1.29 is 25.2 Å². The van der Waals surface area contributed by atoms with E-state index in [1.165, 1.54) is 0 Å². The normalized spacial score (nSPS) is 14.3. The van der Waals surface area contributed by atoms with Gasteiger partial charge in [0, 0.05) is 0 Å². The van der Waals surface area contributed by atoms with Crippen LogP contribution in [-0.4, -0.2) is 51.3 Å². The summed E-state index contributed by atoms with van der Waals surface area (Å²) in [6, 6.07) is 0. The Morgan fingerprint density at radius 1 is 1.42 bits per heavy atom. The fourth-order valence-corrected chi connectivity index (χ4v) is 0.629. The number of rotatable bonds is 5. The van der Waals surface area contributed by atoms with Crippen molar-refractivity contribution in [3.63, 3.8) is 0 Å². The van der Waals surface area contributed by atoms with Crippen molar-refractivity contribution in [1.29, 1.82) is 0 Å². The van der Waals surface area contributed by atoms with Crippen LogP contribution in [0, 0.1) is 0 Å². The third-order valence-corrected chi connectivity index (χ3v) is 1.62. The van der Waals surface area contributed by atoms with Gasteiger partial charge >= 0.3 is 5.97 Å². The molecule has 0 spiro atoms. The largest absolute Gasteiger partial charge is 0.481 e. The number of aliphatic carboxylic acids is 1. The molecule has 0 aliphatic carbocycles. The molecule has 0 aromatic carbocycles. The first-order chi connectivity index (χ1) is 5.46. The van der Waals surface area contributed by atoms with E-state index < -0.39 is 37.2 Å². The first-order valence-electron chi connectivity index (χ1n) is 3.36. The predicted molar refractivity (Wildman–Crippen MR) is 39.3 cm³/mol. The van der Waals surface area contributed by atoms with Crippen LogP contribution < -0.4 is 5.73 Å². The average Bonchev–Trinajstić information content (AvgIpc) is 2.02. The Kier molecular flexibility index (Phi) is 4.11. The molecule has 72 valence electrons. The van der Waals surface area contributed by atoms with E-state index in [9.17, 15) is 4.79 Å². The summed E-state index contributed by atoms with van der Waals surface area (Å²) in [4.78, 5) is 10.1. The second-order valence-corrected chi connectivity index (χ2v) is 2.66. The van der Waals surface area contributed by atoms with Gasteiger partial charge < -0.3 is 26.2 Å². The molecule has 6 nitrogen and oxygen atoms in total. The van der Waals surface area contributed by atoms with E-state index >= 15 is 0 Å². The topological polar surface area (TPSA) is 124 Å². The molecule has 0 aliphatic heterocycles. The van der Waals surface area contributed by atoms with Gasteiger partial charge in [-0.05, 0) is 0 Å². The maximum Gasteiger partial charge on any atom is 0.306 e. The molecule has 0 rings (SSSR count). The molecule has 1 atom stereocenters. The Bertz CT molecular complexity index is 156. The minimum absolute atomic E-state index is 0.600. The van der Waals surface area contributed by atoms with E-state index in [1.54, 1.807) is 0 Å². The van der Waals surface area contributed by atoms with E-state index in [0.717, 1.165) is 0 Å². The van der Waals surface area contributed by atoms with Crippen molar-refractivity contribution in [2.75, 3.05) is 13.2 Å². The summed E-state index contributed by atoms with van der Waals surface area (Å²) in [6.07, 6.45) is -2.05. The highest BCUT2D eigenvalue weighted by Gasteiger charge is 2.33. The second-order valence-electron chi connectivity index (χ2n) is 2.66. The molecule has 0 aromatic heterocycles. The predicted octanol–water partition coefficient (Wildman–Crippen LogP) is -2.50. The third kappa shape index (κ3) is 2.74. The number of carboxylic acid groups (broad SMARTS) is 1. The SMILES string of the molecule is NC(CO)(CO)C(O)CC(=O)O. The molecule has 0 heterocycles. The molecule has 0 bridgehead atoms. The van der Waals surface area contributed by atoms with E-state index in [0.29, 0.717) is 0 Å². The maximum absolute atomic E-state index is 10.1. The minimum Gasteiger partial charge on any atom is -0.481 e. The fraction of sp³-hybridized carbons (Fsp3) is 0.833. The summed E-state index contributed by atoms with van der Waals surface area (Å²) in [5.74, 6) is -1.24. The first kappa shape index (κ1) is 11.3. The van der Waals surface area contributed by atoms with Crippen molar-refractivity contribution in [2.45, 2.75) is 18.1 Å². The highest BCUT2D eigenvalue weighted by atomic mass is 16.4. The number of aliphatic hydroxyl groups is 3. The molecule has 0 amide bonds. The molecule has 0 radical (unpaired) electrons. The lowest BCUT2D eigenvalue weighted by molar-refractivity contribution is -0.141. The van der Waals surface area contributed by atoms with Crippen LogP contribution in [0.2, 0.25) is 0 Å². The Hall–Kier alpha value is -0.690. The Labute approximate surface area is 69.2 Å². The molecule has 6 N–H and O–H groups in total.